The van der Waals surface area contributed by atoms with Gasteiger partial charge in [-0.2, -0.15) is 0 Å². The Kier molecular flexibility index (Phi) is 14.6. The van der Waals surface area contributed by atoms with Gasteiger partial charge in [-0.15, -0.1) is 0 Å². The van der Waals surface area contributed by atoms with E-state index in [0.717, 1.165) is 61.2 Å². The van der Waals surface area contributed by atoms with Gasteiger partial charge < -0.3 is 59.6 Å². The fraction of sp³-hybridized carbons (Fsp3) is 0.525. The molecule has 16 heteroatoms. The number of thiocarbonyl (C=S) groups is 4. The van der Waals surface area contributed by atoms with Crippen LogP contribution < -0.4 is 4.90 Å². The molecule has 0 amide bonds. The maximum atomic E-state index is 12.3. The highest BCUT2D eigenvalue weighted by molar-refractivity contribution is 7.80. The van der Waals surface area contributed by atoms with Gasteiger partial charge in [0.2, 0.25) is 0 Å². The zero-order valence-corrected chi connectivity index (χ0v) is 49.5. The number of aromatic hydroxyl groups is 4. The van der Waals surface area contributed by atoms with Crippen LogP contribution >= 0.6 is 48.9 Å². The standard InChI is InChI=1S/C59H78N8O4S4/c1-56(2,3)43-21-36-29-60-13-14-61(52(60)72)31-38-23-44(57(4,5)6)24-39(49(38)69)32-64-17-18-65(54(64)74)35-42-27-46(59(10,11)12)28-47(51(42)71)67-20-19-66(55(67)75)34-41-26-45(58(7,8)9)25-40(50(41)70)33-63-16-15-62(53(63)73)30-37(22-43)48(36)68/h21-28,68-71H,13-20,29-35H2,1-12H3. The summed E-state index contributed by atoms with van der Waals surface area (Å²) in [5.74, 6) is 0.894. The highest BCUT2D eigenvalue weighted by Gasteiger charge is 2.36. The normalized spacial score (nSPS) is 18.5. The summed E-state index contributed by atoms with van der Waals surface area (Å²) in [6, 6.07) is 16.9. The van der Waals surface area contributed by atoms with Gasteiger partial charge in [-0.25, -0.2) is 0 Å². The molecule has 12 nitrogen and oxygen atoms in total. The maximum absolute atomic E-state index is 12.3. The second-order valence-electron chi connectivity index (χ2n) is 25.7. The number of phenols is 4. The van der Waals surface area contributed by atoms with Gasteiger partial charge in [0.15, 0.2) is 20.4 Å². The lowest BCUT2D eigenvalue weighted by atomic mass is 9.84. The van der Waals surface area contributed by atoms with Gasteiger partial charge in [0.25, 0.3) is 0 Å². The SMILES string of the molecule is CC(C)(C)c1cc2c(O)c(c1)CN1CCN(Cc3cc(C(C)(C)C)cc(c3O)CN3CCN(C3=S)c3cc(C(C)(C)C)cc(c3O)CN3CCN(Cc4cc(C(C)(C)C)cc(c4O)CN4CCN(C2)C4=S)C3=S)C1=S. The van der Waals surface area contributed by atoms with Crippen LogP contribution in [0.25, 0.3) is 0 Å². The van der Waals surface area contributed by atoms with Crippen molar-refractivity contribution in [2.24, 2.45) is 0 Å². The van der Waals surface area contributed by atoms with E-state index in [9.17, 15) is 20.4 Å². The summed E-state index contributed by atoms with van der Waals surface area (Å²) in [6.07, 6.45) is 0. The molecule has 5 aliphatic rings. The van der Waals surface area contributed by atoms with Gasteiger partial charge in [0, 0.05) is 137 Å². The van der Waals surface area contributed by atoms with Crippen molar-refractivity contribution in [1.29, 1.82) is 0 Å². The van der Waals surface area contributed by atoms with Crippen LogP contribution in [-0.2, 0) is 67.5 Å². The number of benzene rings is 4. The molecule has 5 heterocycles. The number of hydrogen-bond acceptors (Lipinski definition) is 8. The predicted molar refractivity (Wildman–Crippen MR) is 318 cm³/mol. The number of rotatable bonds is 0. The van der Waals surface area contributed by atoms with Crippen LogP contribution in [0.2, 0.25) is 0 Å². The Balaban J connectivity index is 1.11. The lowest BCUT2D eigenvalue weighted by Crippen LogP contribution is -2.33. The Bertz CT molecular complexity index is 2970. The minimum atomic E-state index is -0.233. The quantitative estimate of drug-likeness (QED) is 0.125. The molecule has 4 saturated heterocycles. The molecule has 4 fully saturated rings. The van der Waals surface area contributed by atoms with Crippen molar-refractivity contribution in [3.8, 4) is 23.0 Å². The van der Waals surface area contributed by atoms with Crippen LogP contribution in [0.4, 0.5) is 5.69 Å². The number of hydrogen-bond donors (Lipinski definition) is 4. The highest BCUT2D eigenvalue weighted by Crippen LogP contribution is 2.42. The van der Waals surface area contributed by atoms with E-state index < -0.39 is 0 Å². The van der Waals surface area contributed by atoms with Gasteiger partial charge in [0.1, 0.15) is 23.0 Å². The minimum absolute atomic E-state index is 0.176. The number of anilines is 1. The van der Waals surface area contributed by atoms with Crippen LogP contribution in [0.1, 0.15) is 144 Å². The van der Waals surface area contributed by atoms with E-state index in [1.807, 2.05) is 4.90 Å². The predicted octanol–water partition coefficient (Wildman–Crippen LogP) is 10.4. The van der Waals surface area contributed by atoms with E-state index >= 15 is 0 Å². The molecule has 4 N–H and O–H groups in total. The smallest absolute Gasteiger partial charge is 0.176 e. The van der Waals surface area contributed by atoms with E-state index in [2.05, 4.69) is 166 Å². The Morgan fingerprint density at radius 3 is 0.733 bits per heavy atom. The summed E-state index contributed by atoms with van der Waals surface area (Å²) in [6.45, 7) is 34.4. The molecular formula is C59H78N8O4S4. The van der Waals surface area contributed by atoms with E-state index in [1.54, 1.807) is 0 Å². The molecule has 75 heavy (non-hydrogen) atoms. The third kappa shape index (κ3) is 11.0. The molecule has 9 rings (SSSR count). The topological polar surface area (TPSA) is 107 Å². The molecular weight excluding hydrogens is 1010 g/mol. The lowest BCUT2D eigenvalue weighted by Gasteiger charge is -2.29. The average Bonchev–Trinajstić information content (AvgIpc) is 4.06. The lowest BCUT2D eigenvalue weighted by molar-refractivity contribution is 0.404. The number of fused-ring (bicyclic) bond motifs is 17. The number of phenolic OH excluding ortho intramolecular Hbond substituents is 4. The van der Waals surface area contributed by atoms with Crippen molar-refractivity contribution in [3.05, 3.63) is 110 Å². The zero-order valence-electron chi connectivity index (χ0n) is 46.2. The van der Waals surface area contributed by atoms with Crippen LogP contribution in [0, 0.1) is 0 Å². The van der Waals surface area contributed by atoms with Crippen molar-refractivity contribution in [3.63, 3.8) is 0 Å². The van der Waals surface area contributed by atoms with Gasteiger partial charge in [-0.3, -0.25) is 0 Å². The monoisotopic (exact) mass is 1090 g/mol. The van der Waals surface area contributed by atoms with Crippen molar-refractivity contribution in [2.45, 2.75) is 151 Å². The van der Waals surface area contributed by atoms with Crippen LogP contribution in [0.15, 0.2) is 48.5 Å². The summed E-state index contributed by atoms with van der Waals surface area (Å²) in [4.78, 5) is 17.1. The summed E-state index contributed by atoms with van der Waals surface area (Å²) < 4.78 is 0. The maximum Gasteiger partial charge on any atom is 0.176 e. The summed E-state index contributed by atoms with van der Waals surface area (Å²) in [7, 11) is 0. The molecule has 402 valence electrons. The van der Waals surface area contributed by atoms with Gasteiger partial charge in [-0.1, -0.05) is 83.1 Å². The second-order valence-corrected chi connectivity index (χ2v) is 27.1. The molecule has 0 atom stereocenters. The summed E-state index contributed by atoms with van der Waals surface area (Å²) >= 11 is 25.0. The Morgan fingerprint density at radius 1 is 0.293 bits per heavy atom. The molecule has 4 aromatic carbocycles. The van der Waals surface area contributed by atoms with Gasteiger partial charge >= 0.3 is 0 Å². The Morgan fingerprint density at radius 2 is 0.493 bits per heavy atom. The second kappa shape index (κ2) is 20.0. The largest absolute Gasteiger partial charge is 0.507 e. The van der Waals surface area contributed by atoms with E-state index in [4.69, 9.17) is 48.9 Å². The molecule has 4 aromatic rings. The minimum Gasteiger partial charge on any atom is -0.507 e. The highest BCUT2D eigenvalue weighted by atomic mass is 32.1. The Labute approximate surface area is 467 Å². The first kappa shape index (κ1) is 54.6. The molecule has 0 spiro atoms. The van der Waals surface area contributed by atoms with Gasteiger partial charge in [0.05, 0.1) is 5.69 Å². The Hall–Kier alpha value is -5.16. The third-order valence-corrected chi connectivity index (χ3v) is 17.9. The molecule has 5 aliphatic heterocycles. The van der Waals surface area contributed by atoms with Crippen LogP contribution in [0.5, 0.6) is 23.0 Å². The summed E-state index contributed by atoms with van der Waals surface area (Å²) in [5, 5.41) is 51.5. The molecule has 0 radical (unpaired) electrons. The van der Waals surface area contributed by atoms with Gasteiger partial charge in [-0.05, 0) is 141 Å². The fourth-order valence-electron chi connectivity index (χ4n) is 10.9. The van der Waals surface area contributed by atoms with E-state index in [-0.39, 0.29) is 44.7 Å². The fourth-order valence-corrected chi connectivity index (χ4v) is 12.2. The molecule has 16 bridgehead atoms. The van der Waals surface area contributed by atoms with Crippen LogP contribution in [-0.4, -0.2) is 128 Å². The third-order valence-electron chi connectivity index (χ3n) is 15.9. The first-order chi connectivity index (χ1) is 35.0. The van der Waals surface area contributed by atoms with Crippen LogP contribution in [0.3, 0.4) is 0 Å². The average molecular weight is 1090 g/mol. The summed E-state index contributed by atoms with van der Waals surface area (Å²) in [5.41, 5.74) is 9.81. The molecule has 0 saturated carbocycles. The first-order valence-corrected chi connectivity index (χ1v) is 28.2. The number of nitrogens with zero attached hydrogens (tertiary/aromatic N) is 8. The van der Waals surface area contributed by atoms with Crippen molar-refractivity contribution in [1.82, 2.24) is 34.3 Å². The van der Waals surface area contributed by atoms with E-state index in [1.165, 1.54) is 0 Å². The van der Waals surface area contributed by atoms with Crippen molar-refractivity contribution < 1.29 is 20.4 Å². The molecule has 0 aromatic heterocycles. The van der Waals surface area contributed by atoms with Crippen molar-refractivity contribution >= 4 is 75.0 Å². The van der Waals surface area contributed by atoms with E-state index in [0.29, 0.717) is 124 Å². The van der Waals surface area contributed by atoms with Crippen molar-refractivity contribution in [2.75, 3.05) is 57.3 Å². The first-order valence-electron chi connectivity index (χ1n) is 26.6. The molecule has 0 unspecified atom stereocenters. The zero-order chi connectivity index (χ0) is 54.4. The molecule has 0 aliphatic carbocycles.